The Labute approximate surface area is 210 Å². The third-order valence-corrected chi connectivity index (χ3v) is 5.90. The zero-order valence-electron chi connectivity index (χ0n) is 21.0. The second kappa shape index (κ2) is 9.45. The summed E-state index contributed by atoms with van der Waals surface area (Å²) in [6.45, 7) is 5.50. The molecule has 0 aromatic heterocycles. The van der Waals surface area contributed by atoms with Gasteiger partial charge in [-0.2, -0.15) is 0 Å². The van der Waals surface area contributed by atoms with Crippen LogP contribution in [0.3, 0.4) is 0 Å². The van der Waals surface area contributed by atoms with Crippen molar-refractivity contribution in [3.8, 4) is 17.2 Å². The van der Waals surface area contributed by atoms with Crippen LogP contribution in [-0.2, 0) is 21.6 Å². The van der Waals surface area contributed by atoms with Gasteiger partial charge in [0.1, 0.15) is 22.8 Å². The van der Waals surface area contributed by atoms with Gasteiger partial charge in [0, 0.05) is 17.7 Å². The minimum absolute atomic E-state index is 0.111. The molecule has 0 radical (unpaired) electrons. The summed E-state index contributed by atoms with van der Waals surface area (Å²) in [7, 11) is 2.85. The number of amides is 2. The lowest BCUT2D eigenvalue weighted by Gasteiger charge is -2.33. The standard InChI is InChI=1S/C28H30N2O6/c1-27(2,3)36-26(33)29-28(24-22(34-4)15-19(31)16-23(24)35-5)20-13-9-10-14-21(20)30(25(28)32)17-18-11-7-6-8-12-18/h6-16,31H,17H2,1-5H3,(H,29,33)/t28-/m1/s1. The molecule has 0 fully saturated rings. The van der Waals surface area contributed by atoms with Crippen molar-refractivity contribution in [1.82, 2.24) is 5.32 Å². The number of phenols is 1. The summed E-state index contributed by atoms with van der Waals surface area (Å²) in [4.78, 5) is 29.4. The van der Waals surface area contributed by atoms with Gasteiger partial charge in [-0.05, 0) is 32.4 Å². The number of carbonyl (C=O) groups excluding carboxylic acids is 2. The number of carbonyl (C=O) groups is 2. The molecule has 0 aliphatic carbocycles. The predicted octanol–water partition coefficient (Wildman–Crippen LogP) is 4.72. The number of para-hydroxylation sites is 1. The van der Waals surface area contributed by atoms with Crippen molar-refractivity contribution in [2.75, 3.05) is 19.1 Å². The monoisotopic (exact) mass is 490 g/mol. The number of nitrogens with one attached hydrogen (secondary N) is 1. The highest BCUT2D eigenvalue weighted by molar-refractivity contribution is 6.12. The Balaban J connectivity index is 1.99. The SMILES string of the molecule is COc1cc(O)cc(OC)c1[C@@]1(NC(=O)OC(C)(C)C)C(=O)N(Cc2ccccc2)c2ccccc21. The van der Waals surface area contributed by atoms with Gasteiger partial charge in [-0.3, -0.25) is 10.1 Å². The smallest absolute Gasteiger partial charge is 0.409 e. The maximum absolute atomic E-state index is 14.5. The van der Waals surface area contributed by atoms with Crippen molar-refractivity contribution in [3.63, 3.8) is 0 Å². The predicted molar refractivity (Wildman–Crippen MR) is 135 cm³/mol. The second-order valence-electron chi connectivity index (χ2n) is 9.50. The van der Waals surface area contributed by atoms with Crippen molar-refractivity contribution in [3.05, 3.63) is 83.4 Å². The molecular formula is C28H30N2O6. The van der Waals surface area contributed by atoms with Crippen LogP contribution in [0, 0.1) is 0 Å². The summed E-state index contributed by atoms with van der Waals surface area (Å²) < 4.78 is 16.8. The van der Waals surface area contributed by atoms with Gasteiger partial charge in [0.15, 0.2) is 5.54 Å². The van der Waals surface area contributed by atoms with Gasteiger partial charge in [-0.25, -0.2) is 4.79 Å². The van der Waals surface area contributed by atoms with E-state index in [0.29, 0.717) is 11.3 Å². The van der Waals surface area contributed by atoms with Crippen molar-refractivity contribution in [2.24, 2.45) is 0 Å². The second-order valence-corrected chi connectivity index (χ2v) is 9.50. The van der Waals surface area contributed by atoms with Crippen LogP contribution in [0.2, 0.25) is 0 Å². The van der Waals surface area contributed by atoms with Crippen LogP contribution in [0.25, 0.3) is 0 Å². The molecule has 3 aromatic rings. The van der Waals surface area contributed by atoms with Gasteiger partial charge in [-0.15, -0.1) is 0 Å². The fourth-order valence-electron chi connectivity index (χ4n) is 4.53. The summed E-state index contributed by atoms with van der Waals surface area (Å²) in [5.41, 5.74) is -0.238. The Morgan fingerprint density at radius 2 is 1.56 bits per heavy atom. The van der Waals surface area contributed by atoms with Gasteiger partial charge in [0.05, 0.1) is 32.0 Å². The van der Waals surface area contributed by atoms with Crippen molar-refractivity contribution in [1.29, 1.82) is 0 Å². The van der Waals surface area contributed by atoms with Crippen molar-refractivity contribution >= 4 is 17.7 Å². The number of alkyl carbamates (subject to hydrolysis) is 1. The molecule has 36 heavy (non-hydrogen) atoms. The Kier molecular flexibility index (Phi) is 6.54. The van der Waals surface area contributed by atoms with E-state index in [1.807, 2.05) is 42.5 Å². The van der Waals surface area contributed by atoms with E-state index in [1.165, 1.54) is 26.4 Å². The average molecular weight is 491 g/mol. The maximum atomic E-state index is 14.5. The zero-order chi connectivity index (χ0) is 26.1. The van der Waals surface area contributed by atoms with Crippen LogP contribution in [0.5, 0.6) is 17.2 Å². The first kappa shape index (κ1) is 24.9. The number of fused-ring (bicyclic) bond motifs is 1. The van der Waals surface area contributed by atoms with Crippen LogP contribution < -0.4 is 19.7 Å². The molecule has 0 bridgehead atoms. The average Bonchev–Trinajstić information content (AvgIpc) is 3.06. The van der Waals surface area contributed by atoms with Gasteiger partial charge >= 0.3 is 6.09 Å². The van der Waals surface area contributed by atoms with E-state index < -0.39 is 23.1 Å². The van der Waals surface area contributed by atoms with Crippen LogP contribution >= 0.6 is 0 Å². The summed E-state index contributed by atoms with van der Waals surface area (Å²) in [6.07, 6.45) is -0.788. The summed E-state index contributed by atoms with van der Waals surface area (Å²) >= 11 is 0. The Bertz CT molecular complexity index is 1260. The number of aromatic hydroxyl groups is 1. The molecule has 0 unspecified atom stereocenters. The highest BCUT2D eigenvalue weighted by atomic mass is 16.6. The maximum Gasteiger partial charge on any atom is 0.409 e. The molecule has 8 nitrogen and oxygen atoms in total. The molecule has 8 heteroatoms. The lowest BCUT2D eigenvalue weighted by Crippen LogP contribution is -2.55. The van der Waals surface area contributed by atoms with Gasteiger partial charge in [0.2, 0.25) is 0 Å². The third-order valence-electron chi connectivity index (χ3n) is 5.90. The first-order valence-electron chi connectivity index (χ1n) is 11.5. The van der Waals surface area contributed by atoms with Gasteiger partial charge in [0.25, 0.3) is 5.91 Å². The van der Waals surface area contributed by atoms with E-state index in [4.69, 9.17) is 14.2 Å². The summed E-state index contributed by atoms with van der Waals surface area (Å²) in [5.74, 6) is -0.180. The van der Waals surface area contributed by atoms with E-state index in [-0.39, 0.29) is 29.4 Å². The molecule has 4 rings (SSSR count). The molecule has 2 amide bonds. The van der Waals surface area contributed by atoms with E-state index in [0.717, 1.165) is 5.56 Å². The quantitative estimate of drug-likeness (QED) is 0.519. The van der Waals surface area contributed by atoms with E-state index >= 15 is 0 Å². The number of anilines is 1. The number of hydrogen-bond donors (Lipinski definition) is 2. The van der Waals surface area contributed by atoms with Crippen LogP contribution in [0.1, 0.15) is 37.5 Å². The molecule has 1 heterocycles. The largest absolute Gasteiger partial charge is 0.508 e. The number of phenolic OH excluding ortho intramolecular Hbond substituents is 1. The minimum Gasteiger partial charge on any atom is -0.508 e. The molecule has 188 valence electrons. The molecule has 0 saturated carbocycles. The van der Waals surface area contributed by atoms with Gasteiger partial charge < -0.3 is 24.2 Å². The van der Waals surface area contributed by atoms with Gasteiger partial charge in [-0.1, -0.05) is 48.5 Å². The molecular weight excluding hydrogens is 460 g/mol. The van der Waals surface area contributed by atoms with Crippen LogP contribution in [-0.4, -0.2) is 36.9 Å². The molecule has 2 N–H and O–H groups in total. The number of nitrogens with zero attached hydrogens (tertiary/aromatic N) is 1. The van der Waals surface area contributed by atoms with E-state index in [2.05, 4.69) is 5.32 Å². The van der Waals surface area contributed by atoms with Crippen molar-refractivity contribution < 1.29 is 28.9 Å². The molecule has 1 aliphatic heterocycles. The number of methoxy groups -OCH3 is 2. The lowest BCUT2D eigenvalue weighted by atomic mass is 9.82. The van der Waals surface area contributed by atoms with Crippen molar-refractivity contribution in [2.45, 2.75) is 38.5 Å². The molecule has 1 atom stereocenters. The highest BCUT2D eigenvalue weighted by Gasteiger charge is 2.56. The number of hydrogen-bond acceptors (Lipinski definition) is 6. The molecule has 0 saturated heterocycles. The minimum atomic E-state index is -1.75. The number of benzene rings is 3. The number of rotatable bonds is 6. The first-order valence-corrected chi connectivity index (χ1v) is 11.5. The Morgan fingerprint density at radius 1 is 0.972 bits per heavy atom. The highest BCUT2D eigenvalue weighted by Crippen LogP contribution is 2.51. The molecule has 1 aliphatic rings. The Morgan fingerprint density at radius 3 is 2.14 bits per heavy atom. The third kappa shape index (κ3) is 4.42. The number of ether oxygens (including phenoxy) is 3. The first-order chi connectivity index (χ1) is 17.1. The van der Waals surface area contributed by atoms with Crippen LogP contribution in [0.4, 0.5) is 10.5 Å². The normalized spacial score (nSPS) is 16.9. The lowest BCUT2D eigenvalue weighted by molar-refractivity contribution is -0.123. The fourth-order valence-corrected chi connectivity index (χ4v) is 4.53. The fraction of sp³-hybridized carbons (Fsp3) is 0.286. The zero-order valence-corrected chi connectivity index (χ0v) is 21.0. The Hall–Kier alpha value is -4.20. The van der Waals surface area contributed by atoms with Crippen LogP contribution in [0.15, 0.2) is 66.7 Å². The topological polar surface area (TPSA) is 97.3 Å². The molecule has 3 aromatic carbocycles. The summed E-state index contributed by atoms with van der Waals surface area (Å²) in [5, 5.41) is 13.1. The molecule has 0 spiro atoms. The van der Waals surface area contributed by atoms with E-state index in [9.17, 15) is 14.7 Å². The van der Waals surface area contributed by atoms with E-state index in [1.54, 1.807) is 37.8 Å². The summed E-state index contributed by atoms with van der Waals surface area (Å²) in [6, 6.07) is 19.6.